The predicted molar refractivity (Wildman–Crippen MR) is 194 cm³/mol. The summed E-state index contributed by atoms with van der Waals surface area (Å²) in [4.78, 5) is 27.6. The summed E-state index contributed by atoms with van der Waals surface area (Å²) < 4.78 is 56.9. The van der Waals surface area contributed by atoms with Gasteiger partial charge < -0.3 is 9.84 Å². The second kappa shape index (κ2) is 14.2. The van der Waals surface area contributed by atoms with Gasteiger partial charge in [-0.15, -0.1) is 0 Å². The maximum Gasteiger partial charge on any atom is 0.316 e. The number of fused-ring (bicyclic) bond motifs is 2. The van der Waals surface area contributed by atoms with Crippen molar-refractivity contribution in [3.8, 4) is 0 Å². The second-order valence-corrected chi connectivity index (χ2v) is 17.8. The molecule has 262 valence electrons. The molecular formula is C31H22Cl6N4O7S2. The van der Waals surface area contributed by atoms with Gasteiger partial charge in [0.25, 0.3) is 0 Å². The molecule has 11 nitrogen and oxygen atoms in total. The Morgan fingerprint density at radius 2 is 1.16 bits per heavy atom. The molecule has 0 radical (unpaired) electrons. The molecule has 50 heavy (non-hydrogen) atoms. The SMILES string of the molecule is CC(C)(C)C(=O)OC1=C(c2c(Cl)cnc(Cl)c2Cl)S(=O)(=O)Cc2cccnc21.O=S1(=O)Cc2cccnc2C(O)=C1c1c(Cl)cnc(Cl)c1Cl. The largest absolute Gasteiger partial charge is 0.504 e. The minimum Gasteiger partial charge on any atom is -0.504 e. The van der Waals surface area contributed by atoms with Crippen LogP contribution >= 0.6 is 69.6 Å². The van der Waals surface area contributed by atoms with Crippen LogP contribution < -0.4 is 0 Å². The van der Waals surface area contributed by atoms with E-state index in [-0.39, 0.29) is 75.1 Å². The molecule has 0 fully saturated rings. The zero-order valence-electron chi connectivity index (χ0n) is 25.8. The zero-order chi connectivity index (χ0) is 36.9. The molecule has 1 N–H and O–H groups in total. The van der Waals surface area contributed by atoms with Crippen LogP contribution in [0.15, 0.2) is 49.1 Å². The highest BCUT2D eigenvalue weighted by molar-refractivity contribution is 8.00. The van der Waals surface area contributed by atoms with E-state index in [0.717, 1.165) is 0 Å². The lowest BCUT2D eigenvalue weighted by atomic mass is 9.97. The molecule has 0 amide bonds. The molecule has 6 rings (SSSR count). The lowest BCUT2D eigenvalue weighted by Crippen LogP contribution is -2.26. The van der Waals surface area contributed by atoms with Crippen molar-refractivity contribution < 1.29 is 31.5 Å². The first-order chi connectivity index (χ1) is 23.3. The van der Waals surface area contributed by atoms with Crippen LogP contribution in [0.2, 0.25) is 30.4 Å². The van der Waals surface area contributed by atoms with Crippen molar-refractivity contribution >= 4 is 117 Å². The van der Waals surface area contributed by atoms with E-state index in [1.165, 1.54) is 24.8 Å². The van der Waals surface area contributed by atoms with Crippen LogP contribution in [-0.4, -0.2) is 47.8 Å². The highest BCUT2D eigenvalue weighted by Gasteiger charge is 2.40. The molecule has 0 bridgehead atoms. The minimum absolute atomic E-state index is 0.0288. The van der Waals surface area contributed by atoms with E-state index in [2.05, 4.69) is 19.9 Å². The number of carbonyl (C=O) groups excluding carboxylic acids is 1. The van der Waals surface area contributed by atoms with Crippen molar-refractivity contribution in [1.82, 2.24) is 19.9 Å². The number of nitrogens with zero attached hydrogens (tertiary/aromatic N) is 4. The van der Waals surface area contributed by atoms with E-state index in [0.29, 0.717) is 11.1 Å². The Hall–Kier alpha value is -3.01. The molecule has 0 aliphatic carbocycles. The third kappa shape index (κ3) is 7.33. The van der Waals surface area contributed by atoms with Crippen molar-refractivity contribution in [1.29, 1.82) is 0 Å². The average Bonchev–Trinajstić information content (AvgIpc) is 3.03. The number of esters is 1. The molecule has 0 saturated carbocycles. The van der Waals surface area contributed by atoms with Crippen LogP contribution in [0, 0.1) is 5.41 Å². The van der Waals surface area contributed by atoms with E-state index < -0.39 is 41.7 Å². The molecule has 0 spiro atoms. The van der Waals surface area contributed by atoms with Gasteiger partial charge >= 0.3 is 5.97 Å². The number of aliphatic hydroxyl groups is 1. The molecule has 0 aromatic carbocycles. The number of aromatic nitrogens is 4. The van der Waals surface area contributed by atoms with Crippen molar-refractivity contribution in [2.45, 2.75) is 32.3 Å². The van der Waals surface area contributed by atoms with Gasteiger partial charge in [-0.1, -0.05) is 81.7 Å². The quantitative estimate of drug-likeness (QED) is 0.155. The summed E-state index contributed by atoms with van der Waals surface area (Å²) in [6, 6.07) is 6.38. The van der Waals surface area contributed by atoms with Gasteiger partial charge in [-0.05, 0) is 44.0 Å². The fourth-order valence-corrected chi connectivity index (χ4v) is 9.77. The summed E-state index contributed by atoms with van der Waals surface area (Å²) in [5.41, 5.74) is 0.162. The van der Waals surface area contributed by atoms with Gasteiger partial charge in [0, 0.05) is 35.9 Å². The van der Waals surface area contributed by atoms with Crippen molar-refractivity contribution in [3.05, 3.63) is 113 Å². The summed E-state index contributed by atoms with van der Waals surface area (Å²) in [5, 5.41) is 9.80. The van der Waals surface area contributed by atoms with Gasteiger partial charge in [-0.3, -0.25) is 14.8 Å². The van der Waals surface area contributed by atoms with Crippen molar-refractivity contribution in [3.63, 3.8) is 0 Å². The first-order valence-corrected chi connectivity index (χ1v) is 19.6. The van der Waals surface area contributed by atoms with Gasteiger partial charge in [0.1, 0.15) is 31.5 Å². The number of halogens is 6. The minimum atomic E-state index is -3.98. The fourth-order valence-electron chi connectivity index (χ4n) is 4.77. The van der Waals surface area contributed by atoms with Crippen LogP contribution in [0.5, 0.6) is 0 Å². The first kappa shape index (κ1) is 38.2. The van der Waals surface area contributed by atoms with Gasteiger partial charge in [0.15, 0.2) is 31.2 Å². The van der Waals surface area contributed by atoms with Crippen molar-refractivity contribution in [2.24, 2.45) is 5.41 Å². The van der Waals surface area contributed by atoms with E-state index in [4.69, 9.17) is 74.3 Å². The molecule has 4 aromatic rings. The van der Waals surface area contributed by atoms with Crippen LogP contribution in [0.1, 0.15) is 54.4 Å². The molecule has 0 atom stereocenters. The molecule has 0 unspecified atom stereocenters. The number of aliphatic hydroxyl groups excluding tert-OH is 1. The predicted octanol–water partition coefficient (Wildman–Crippen LogP) is 8.53. The second-order valence-electron chi connectivity index (χ2n) is 11.7. The Balaban J connectivity index is 0.000000200. The van der Waals surface area contributed by atoms with Crippen molar-refractivity contribution in [2.75, 3.05) is 0 Å². The Morgan fingerprint density at radius 3 is 1.66 bits per heavy atom. The summed E-state index contributed by atoms with van der Waals surface area (Å²) in [7, 11) is -7.85. The first-order valence-electron chi connectivity index (χ1n) is 14.0. The maximum absolute atomic E-state index is 13.1. The maximum atomic E-state index is 13.1. The van der Waals surface area contributed by atoms with E-state index >= 15 is 0 Å². The zero-order valence-corrected chi connectivity index (χ0v) is 32.0. The topological polar surface area (TPSA) is 166 Å². The molecule has 2 aliphatic heterocycles. The number of pyridine rings is 4. The summed E-state index contributed by atoms with van der Waals surface area (Å²) >= 11 is 36.3. The van der Waals surface area contributed by atoms with Gasteiger partial charge in [0.05, 0.1) is 37.0 Å². The van der Waals surface area contributed by atoms with Crippen LogP contribution in [0.25, 0.3) is 21.3 Å². The third-order valence-corrected chi connectivity index (χ3v) is 12.6. The van der Waals surface area contributed by atoms with Crippen LogP contribution in [0.4, 0.5) is 0 Å². The summed E-state index contributed by atoms with van der Waals surface area (Å²) in [6.07, 6.45) is 5.29. The molecular weight excluding hydrogens is 817 g/mol. The molecule has 19 heteroatoms. The lowest BCUT2D eigenvalue weighted by Gasteiger charge is -2.25. The Morgan fingerprint density at radius 1 is 0.720 bits per heavy atom. The van der Waals surface area contributed by atoms with Gasteiger partial charge in [-0.2, -0.15) is 0 Å². The molecule has 4 aromatic heterocycles. The number of hydrogen-bond acceptors (Lipinski definition) is 11. The standard InChI is InChI=1S/C18H15Cl3N2O4S.C13H7Cl3N2O3S/c1-18(2,3)17(24)27-14-13-9(5-4-6-22-13)8-28(25,26)15(14)11-10(19)7-23-16(21)12(11)20;14-7-4-18-13(16)9(15)8(7)12-11(19)10-6(2-1-3-17-10)5-22(12,20)21/h4-7H,8H2,1-3H3;1-4,19H,5H2. The van der Waals surface area contributed by atoms with Crippen LogP contribution in [0.3, 0.4) is 0 Å². The Labute approximate surface area is 316 Å². The summed E-state index contributed by atoms with van der Waals surface area (Å²) in [6.45, 7) is 4.94. The highest BCUT2D eigenvalue weighted by atomic mass is 35.5. The highest BCUT2D eigenvalue weighted by Crippen LogP contribution is 2.46. The summed E-state index contributed by atoms with van der Waals surface area (Å²) in [5.74, 6) is -2.04. The lowest BCUT2D eigenvalue weighted by molar-refractivity contribution is -0.145. The molecule has 0 saturated heterocycles. The Bertz CT molecular complexity index is 2380. The number of sulfone groups is 2. The van der Waals surface area contributed by atoms with Gasteiger partial charge in [-0.25, -0.2) is 26.8 Å². The third-order valence-electron chi connectivity index (χ3n) is 7.08. The normalized spacial score (nSPS) is 16.2. The Kier molecular flexibility index (Phi) is 10.8. The monoisotopic (exact) mass is 836 g/mol. The van der Waals surface area contributed by atoms with Crippen LogP contribution in [-0.2, 0) is 40.7 Å². The van der Waals surface area contributed by atoms with E-state index in [1.807, 2.05) is 0 Å². The average molecular weight is 839 g/mol. The smallest absolute Gasteiger partial charge is 0.316 e. The van der Waals surface area contributed by atoms with E-state index in [9.17, 15) is 26.7 Å². The number of ether oxygens (including phenoxy) is 1. The fraction of sp³-hybridized carbons (Fsp3) is 0.194. The number of hydrogen-bond donors (Lipinski definition) is 1. The number of rotatable bonds is 3. The number of carbonyl (C=O) groups is 1. The van der Waals surface area contributed by atoms with E-state index in [1.54, 1.807) is 45.0 Å². The van der Waals surface area contributed by atoms with Gasteiger partial charge in [0.2, 0.25) is 0 Å². The molecule has 6 heterocycles. The molecule has 2 aliphatic rings.